The zero-order valence-corrected chi connectivity index (χ0v) is 12.9. The summed E-state index contributed by atoms with van der Waals surface area (Å²) in [5.41, 5.74) is 2.14. The smallest absolute Gasteiger partial charge is 0.255 e. The predicted molar refractivity (Wildman–Crippen MR) is 86.2 cm³/mol. The summed E-state index contributed by atoms with van der Waals surface area (Å²) in [5.74, 6) is 1.06. The number of benzene rings is 2. The Bertz CT molecular complexity index is 715. The summed E-state index contributed by atoms with van der Waals surface area (Å²) >= 11 is 6.07. The molecule has 3 rings (SSSR count). The van der Waals surface area contributed by atoms with E-state index in [1.807, 2.05) is 19.1 Å². The Balaban J connectivity index is 1.80. The van der Waals surface area contributed by atoms with Crippen molar-refractivity contribution in [3.8, 4) is 11.5 Å². The van der Waals surface area contributed by atoms with Gasteiger partial charge in [0.1, 0.15) is 0 Å². The molecule has 1 heterocycles. The zero-order chi connectivity index (χ0) is 15.5. The van der Waals surface area contributed by atoms with Crippen molar-refractivity contribution in [1.82, 2.24) is 0 Å². The van der Waals surface area contributed by atoms with Crippen LogP contribution in [-0.4, -0.2) is 19.1 Å². The summed E-state index contributed by atoms with van der Waals surface area (Å²) in [5, 5.41) is 3.45. The van der Waals surface area contributed by atoms with Crippen molar-refractivity contribution in [1.29, 1.82) is 0 Å². The highest BCUT2D eigenvalue weighted by Gasteiger charge is 2.14. The van der Waals surface area contributed by atoms with Crippen LogP contribution >= 0.6 is 11.6 Å². The number of anilines is 1. The fraction of sp³-hybridized carbons (Fsp3) is 0.235. The van der Waals surface area contributed by atoms with E-state index < -0.39 is 0 Å². The first kappa shape index (κ1) is 14.7. The third-order valence-corrected chi connectivity index (χ3v) is 3.85. The van der Waals surface area contributed by atoms with E-state index in [9.17, 15) is 4.79 Å². The van der Waals surface area contributed by atoms with Gasteiger partial charge in [0, 0.05) is 22.7 Å². The lowest BCUT2D eigenvalue weighted by Gasteiger charge is -2.10. The van der Waals surface area contributed by atoms with E-state index in [1.54, 1.807) is 24.3 Å². The van der Waals surface area contributed by atoms with Crippen LogP contribution in [0.25, 0.3) is 0 Å². The summed E-state index contributed by atoms with van der Waals surface area (Å²) in [6, 6.07) is 10.6. The van der Waals surface area contributed by atoms with Crippen LogP contribution in [0, 0.1) is 6.92 Å². The number of aryl methyl sites for hydroxylation is 1. The average molecular weight is 318 g/mol. The van der Waals surface area contributed by atoms with Crippen molar-refractivity contribution in [2.24, 2.45) is 0 Å². The molecule has 0 bridgehead atoms. The van der Waals surface area contributed by atoms with Crippen molar-refractivity contribution < 1.29 is 14.3 Å². The summed E-state index contributed by atoms with van der Waals surface area (Å²) in [6.07, 6.45) is 0.831. The quantitative estimate of drug-likeness (QED) is 0.908. The standard InChI is InChI=1S/C17H16ClNO3/c1-11-3-5-13(10-14(11)18)19-17(20)12-4-6-15-16(9-12)22-8-2-7-21-15/h3-6,9-10H,2,7-8H2,1H3,(H,19,20). The van der Waals surface area contributed by atoms with Crippen molar-refractivity contribution in [2.45, 2.75) is 13.3 Å². The van der Waals surface area contributed by atoms with E-state index in [2.05, 4.69) is 5.32 Å². The Kier molecular flexibility index (Phi) is 4.20. The lowest BCUT2D eigenvalue weighted by Crippen LogP contribution is -2.12. The Morgan fingerprint density at radius 3 is 2.64 bits per heavy atom. The van der Waals surface area contributed by atoms with E-state index >= 15 is 0 Å². The van der Waals surface area contributed by atoms with Crippen LogP contribution in [0.5, 0.6) is 11.5 Å². The second-order valence-electron chi connectivity index (χ2n) is 5.13. The largest absolute Gasteiger partial charge is 0.490 e. The monoisotopic (exact) mass is 317 g/mol. The van der Waals surface area contributed by atoms with Crippen molar-refractivity contribution in [3.05, 3.63) is 52.5 Å². The van der Waals surface area contributed by atoms with Gasteiger partial charge >= 0.3 is 0 Å². The number of fused-ring (bicyclic) bond motifs is 1. The van der Waals surface area contributed by atoms with Crippen LogP contribution < -0.4 is 14.8 Å². The van der Waals surface area contributed by atoms with Crippen molar-refractivity contribution in [3.63, 3.8) is 0 Å². The van der Waals surface area contributed by atoms with Gasteiger partial charge in [-0.05, 0) is 42.8 Å². The molecule has 0 saturated heterocycles. The van der Waals surface area contributed by atoms with Crippen LogP contribution in [-0.2, 0) is 0 Å². The summed E-state index contributed by atoms with van der Waals surface area (Å²) in [6.45, 7) is 3.13. The molecular weight excluding hydrogens is 302 g/mol. The molecule has 0 spiro atoms. The molecule has 0 unspecified atom stereocenters. The van der Waals surface area contributed by atoms with Gasteiger partial charge in [-0.1, -0.05) is 17.7 Å². The van der Waals surface area contributed by atoms with Gasteiger partial charge in [-0.3, -0.25) is 4.79 Å². The van der Waals surface area contributed by atoms with Gasteiger partial charge in [0.2, 0.25) is 0 Å². The van der Waals surface area contributed by atoms with Gasteiger partial charge < -0.3 is 14.8 Å². The second-order valence-corrected chi connectivity index (χ2v) is 5.54. The van der Waals surface area contributed by atoms with Crippen LogP contribution in [0.3, 0.4) is 0 Å². The molecule has 1 amide bonds. The first-order valence-electron chi connectivity index (χ1n) is 7.10. The SMILES string of the molecule is Cc1ccc(NC(=O)c2ccc3c(c2)OCCCO3)cc1Cl. The molecule has 0 fully saturated rings. The van der Waals surface area contributed by atoms with Crippen molar-refractivity contribution >= 4 is 23.2 Å². The van der Waals surface area contributed by atoms with Crippen molar-refractivity contribution in [2.75, 3.05) is 18.5 Å². The minimum absolute atomic E-state index is 0.212. The van der Waals surface area contributed by atoms with E-state index in [1.165, 1.54) is 0 Å². The molecule has 114 valence electrons. The lowest BCUT2D eigenvalue weighted by molar-refractivity contribution is 0.102. The second kappa shape index (κ2) is 6.28. The molecular formula is C17H16ClNO3. The van der Waals surface area contributed by atoms with Crippen LogP contribution in [0.15, 0.2) is 36.4 Å². The maximum absolute atomic E-state index is 12.3. The highest BCUT2D eigenvalue weighted by atomic mass is 35.5. The minimum atomic E-state index is -0.212. The minimum Gasteiger partial charge on any atom is -0.490 e. The summed E-state index contributed by atoms with van der Waals surface area (Å²) in [7, 11) is 0. The normalized spacial score (nSPS) is 13.4. The molecule has 5 heteroatoms. The van der Waals surface area contributed by atoms with Crippen LogP contribution in [0.2, 0.25) is 5.02 Å². The molecule has 1 aliphatic heterocycles. The Hall–Kier alpha value is -2.20. The Morgan fingerprint density at radius 1 is 1.09 bits per heavy atom. The Labute approximate surface area is 134 Å². The molecule has 1 aliphatic rings. The lowest BCUT2D eigenvalue weighted by atomic mass is 10.1. The van der Waals surface area contributed by atoms with E-state index in [0.717, 1.165) is 12.0 Å². The number of amides is 1. The van der Waals surface area contributed by atoms with Gasteiger partial charge in [0.15, 0.2) is 11.5 Å². The number of nitrogens with one attached hydrogen (secondary N) is 1. The number of carbonyl (C=O) groups excluding carboxylic acids is 1. The topological polar surface area (TPSA) is 47.6 Å². The first-order chi connectivity index (χ1) is 10.6. The van der Waals surface area contributed by atoms with Gasteiger partial charge in [-0.2, -0.15) is 0 Å². The number of halogens is 1. The molecule has 2 aromatic carbocycles. The van der Waals surface area contributed by atoms with E-state index in [-0.39, 0.29) is 5.91 Å². The van der Waals surface area contributed by atoms with Gasteiger partial charge in [-0.25, -0.2) is 0 Å². The highest BCUT2D eigenvalue weighted by molar-refractivity contribution is 6.31. The number of rotatable bonds is 2. The fourth-order valence-corrected chi connectivity index (χ4v) is 2.36. The molecule has 0 aromatic heterocycles. The molecule has 0 saturated carbocycles. The molecule has 2 aromatic rings. The summed E-state index contributed by atoms with van der Waals surface area (Å²) < 4.78 is 11.2. The number of hydrogen-bond acceptors (Lipinski definition) is 3. The maximum atomic E-state index is 12.3. The third-order valence-electron chi connectivity index (χ3n) is 3.44. The number of carbonyl (C=O) groups is 1. The summed E-state index contributed by atoms with van der Waals surface area (Å²) in [4.78, 5) is 12.3. The van der Waals surface area contributed by atoms with E-state index in [4.69, 9.17) is 21.1 Å². The molecule has 0 radical (unpaired) electrons. The van der Waals surface area contributed by atoms with Crippen LogP contribution in [0.4, 0.5) is 5.69 Å². The number of hydrogen-bond donors (Lipinski definition) is 1. The van der Waals surface area contributed by atoms with E-state index in [0.29, 0.717) is 41.0 Å². The number of ether oxygens (including phenoxy) is 2. The van der Waals surface area contributed by atoms with Gasteiger partial charge in [-0.15, -0.1) is 0 Å². The maximum Gasteiger partial charge on any atom is 0.255 e. The fourth-order valence-electron chi connectivity index (χ4n) is 2.18. The molecule has 1 N–H and O–H groups in total. The predicted octanol–water partition coefficient (Wildman–Crippen LogP) is 4.06. The third kappa shape index (κ3) is 3.17. The van der Waals surface area contributed by atoms with Gasteiger partial charge in [0.05, 0.1) is 13.2 Å². The average Bonchev–Trinajstić information content (AvgIpc) is 2.75. The molecule has 4 nitrogen and oxygen atoms in total. The van der Waals surface area contributed by atoms with Gasteiger partial charge in [0.25, 0.3) is 5.91 Å². The molecule has 22 heavy (non-hydrogen) atoms. The molecule has 0 aliphatic carbocycles. The zero-order valence-electron chi connectivity index (χ0n) is 12.2. The molecule has 0 atom stereocenters. The Morgan fingerprint density at radius 2 is 1.86 bits per heavy atom. The van der Waals surface area contributed by atoms with Crippen LogP contribution in [0.1, 0.15) is 22.3 Å². The highest BCUT2D eigenvalue weighted by Crippen LogP contribution is 2.30. The first-order valence-corrected chi connectivity index (χ1v) is 7.48.